The van der Waals surface area contributed by atoms with Gasteiger partial charge in [-0.15, -0.1) is 0 Å². The van der Waals surface area contributed by atoms with Gasteiger partial charge in [-0.25, -0.2) is 13.8 Å². The third-order valence-corrected chi connectivity index (χ3v) is 3.19. The Kier molecular flexibility index (Phi) is 2.89. The normalized spacial score (nSPS) is 11.3. The van der Waals surface area contributed by atoms with Crippen molar-refractivity contribution in [2.24, 2.45) is 7.05 Å². The molecule has 0 spiro atoms. The summed E-state index contributed by atoms with van der Waals surface area (Å²) in [6.45, 7) is 0.389. The molecule has 0 aliphatic heterocycles. The second kappa shape index (κ2) is 4.59. The third-order valence-electron chi connectivity index (χ3n) is 3.19. The van der Waals surface area contributed by atoms with Crippen molar-refractivity contribution in [3.63, 3.8) is 0 Å². The molecular weight excluding hydrogens is 264 g/mol. The zero-order valence-corrected chi connectivity index (χ0v) is 10.8. The van der Waals surface area contributed by atoms with Gasteiger partial charge in [0.05, 0.1) is 11.2 Å². The molecule has 5 nitrogen and oxygen atoms in total. The van der Waals surface area contributed by atoms with Crippen molar-refractivity contribution in [2.45, 2.75) is 13.0 Å². The first kappa shape index (κ1) is 12.6. The molecule has 0 saturated carbocycles. The zero-order chi connectivity index (χ0) is 14.3. The van der Waals surface area contributed by atoms with Crippen LogP contribution in [0, 0.1) is 11.6 Å². The van der Waals surface area contributed by atoms with Crippen LogP contribution in [0.25, 0.3) is 11.0 Å². The van der Waals surface area contributed by atoms with Crippen LogP contribution < -0.4 is 5.73 Å². The minimum absolute atomic E-state index is 0.0958. The number of nitrogens with two attached hydrogens (primary N) is 1. The van der Waals surface area contributed by atoms with E-state index < -0.39 is 11.6 Å². The van der Waals surface area contributed by atoms with E-state index in [4.69, 9.17) is 5.73 Å². The fourth-order valence-electron chi connectivity index (χ4n) is 2.22. The number of halogens is 2. The molecule has 0 aliphatic carbocycles. The van der Waals surface area contributed by atoms with E-state index in [2.05, 4.69) is 10.1 Å². The van der Waals surface area contributed by atoms with Crippen molar-refractivity contribution in [1.29, 1.82) is 0 Å². The van der Waals surface area contributed by atoms with Crippen LogP contribution in [0.2, 0.25) is 0 Å². The Morgan fingerprint density at radius 2 is 2.05 bits per heavy atom. The highest BCUT2D eigenvalue weighted by atomic mass is 19.2. The molecule has 3 aromatic rings. The molecule has 20 heavy (non-hydrogen) atoms. The Labute approximate surface area is 113 Å². The minimum atomic E-state index is -0.923. The maximum Gasteiger partial charge on any atom is 0.201 e. The van der Waals surface area contributed by atoms with Crippen LogP contribution in [0.5, 0.6) is 0 Å². The summed E-state index contributed by atoms with van der Waals surface area (Å²) in [5, 5.41) is 4.23. The van der Waals surface area contributed by atoms with Gasteiger partial charge in [0.1, 0.15) is 5.52 Å². The molecule has 3 rings (SSSR count). The van der Waals surface area contributed by atoms with Crippen LogP contribution in [0.1, 0.15) is 5.69 Å². The number of hydrogen-bond acceptors (Lipinski definition) is 3. The minimum Gasteiger partial charge on any atom is -0.369 e. The summed E-state index contributed by atoms with van der Waals surface area (Å²) < 4.78 is 30.4. The number of aryl methyl sites for hydroxylation is 3. The number of rotatable bonds is 3. The topological polar surface area (TPSA) is 61.7 Å². The lowest BCUT2D eigenvalue weighted by molar-refractivity contribution is 0.511. The highest BCUT2D eigenvalue weighted by Crippen LogP contribution is 2.23. The zero-order valence-electron chi connectivity index (χ0n) is 10.8. The molecule has 0 atom stereocenters. The molecule has 0 bridgehead atoms. The van der Waals surface area contributed by atoms with Crippen LogP contribution in [0.15, 0.2) is 24.4 Å². The molecule has 2 heterocycles. The lowest BCUT2D eigenvalue weighted by Crippen LogP contribution is -2.07. The van der Waals surface area contributed by atoms with E-state index in [0.717, 1.165) is 11.8 Å². The molecule has 0 unspecified atom stereocenters. The Morgan fingerprint density at radius 1 is 1.25 bits per heavy atom. The highest BCUT2D eigenvalue weighted by Gasteiger charge is 2.16. The average molecular weight is 277 g/mol. The summed E-state index contributed by atoms with van der Waals surface area (Å²) in [6, 6.07) is 4.33. The van der Waals surface area contributed by atoms with Crippen molar-refractivity contribution in [1.82, 2.24) is 19.3 Å². The molecule has 1 aromatic carbocycles. The van der Waals surface area contributed by atoms with Gasteiger partial charge in [-0.05, 0) is 18.2 Å². The molecule has 0 aliphatic rings. The molecule has 7 heteroatoms. The van der Waals surface area contributed by atoms with E-state index in [-0.39, 0.29) is 11.5 Å². The SMILES string of the molecule is Cn1ccc(CCn2c(N)nc3ccc(F)c(F)c32)n1. The van der Waals surface area contributed by atoms with Gasteiger partial charge >= 0.3 is 0 Å². The standard InChI is InChI=1S/C13H13F2N5/c1-19-6-4-8(18-19)5-7-20-12-10(17-13(20)16)3-2-9(14)11(12)15/h2-4,6H,5,7H2,1H3,(H2,16,17). The van der Waals surface area contributed by atoms with Crippen LogP contribution >= 0.6 is 0 Å². The maximum atomic E-state index is 13.9. The van der Waals surface area contributed by atoms with Crippen molar-refractivity contribution >= 4 is 17.0 Å². The van der Waals surface area contributed by atoms with Crippen molar-refractivity contribution < 1.29 is 8.78 Å². The first-order chi connectivity index (χ1) is 9.56. The lowest BCUT2D eigenvalue weighted by atomic mass is 10.2. The van der Waals surface area contributed by atoms with E-state index in [1.165, 1.54) is 10.6 Å². The first-order valence-electron chi connectivity index (χ1n) is 6.14. The number of nitrogens with zero attached hydrogens (tertiary/aromatic N) is 4. The highest BCUT2D eigenvalue weighted by molar-refractivity contribution is 5.79. The van der Waals surface area contributed by atoms with Crippen molar-refractivity contribution in [3.8, 4) is 0 Å². The van der Waals surface area contributed by atoms with Gasteiger partial charge in [-0.1, -0.05) is 0 Å². The maximum absolute atomic E-state index is 13.9. The molecule has 104 valence electrons. The van der Waals surface area contributed by atoms with Crippen LogP contribution in [0.3, 0.4) is 0 Å². The van der Waals surface area contributed by atoms with E-state index in [9.17, 15) is 8.78 Å². The van der Waals surface area contributed by atoms with Crippen LogP contribution in [-0.4, -0.2) is 19.3 Å². The number of aromatic nitrogens is 4. The molecule has 2 aromatic heterocycles. The monoisotopic (exact) mass is 277 g/mol. The average Bonchev–Trinajstić information content (AvgIpc) is 2.95. The van der Waals surface area contributed by atoms with Gasteiger partial charge in [0.15, 0.2) is 11.6 Å². The summed E-state index contributed by atoms with van der Waals surface area (Å²) >= 11 is 0. The summed E-state index contributed by atoms with van der Waals surface area (Å²) in [6.07, 6.45) is 2.39. The number of fused-ring (bicyclic) bond motifs is 1. The summed E-state index contributed by atoms with van der Waals surface area (Å²) in [4.78, 5) is 4.04. The summed E-state index contributed by atoms with van der Waals surface area (Å²) in [5.41, 5.74) is 7.08. The molecular formula is C13H13F2N5. The van der Waals surface area contributed by atoms with Crippen molar-refractivity contribution in [3.05, 3.63) is 41.7 Å². The van der Waals surface area contributed by atoms with Gasteiger partial charge in [-0.3, -0.25) is 4.68 Å². The van der Waals surface area contributed by atoms with Gasteiger partial charge < -0.3 is 10.3 Å². The Bertz CT molecular complexity index is 775. The van der Waals surface area contributed by atoms with Gasteiger partial charge in [-0.2, -0.15) is 5.10 Å². The number of hydrogen-bond donors (Lipinski definition) is 1. The fraction of sp³-hybridized carbons (Fsp3) is 0.231. The fourth-order valence-corrected chi connectivity index (χ4v) is 2.22. The smallest absolute Gasteiger partial charge is 0.201 e. The number of anilines is 1. The molecule has 0 fully saturated rings. The molecule has 0 radical (unpaired) electrons. The Morgan fingerprint density at radius 3 is 2.75 bits per heavy atom. The third kappa shape index (κ3) is 2.01. The first-order valence-corrected chi connectivity index (χ1v) is 6.14. The van der Waals surface area contributed by atoms with E-state index in [0.29, 0.717) is 18.5 Å². The second-order valence-corrected chi connectivity index (χ2v) is 4.58. The van der Waals surface area contributed by atoms with Crippen LogP contribution in [-0.2, 0) is 20.0 Å². The number of imidazole rings is 1. The lowest BCUT2D eigenvalue weighted by Gasteiger charge is -2.06. The van der Waals surface area contributed by atoms with Crippen LogP contribution in [0.4, 0.5) is 14.7 Å². The van der Waals surface area contributed by atoms with Gasteiger partial charge in [0, 0.05) is 26.2 Å². The predicted octanol–water partition coefficient (Wildman–Crippen LogP) is 1.87. The quantitative estimate of drug-likeness (QED) is 0.795. The second-order valence-electron chi connectivity index (χ2n) is 4.58. The molecule has 0 saturated heterocycles. The van der Waals surface area contributed by atoms with Gasteiger partial charge in [0.25, 0.3) is 0 Å². The number of benzene rings is 1. The molecule has 0 amide bonds. The van der Waals surface area contributed by atoms with Crippen molar-refractivity contribution in [2.75, 3.05) is 5.73 Å². The van der Waals surface area contributed by atoms with E-state index >= 15 is 0 Å². The molecule has 2 N–H and O–H groups in total. The van der Waals surface area contributed by atoms with Gasteiger partial charge in [0.2, 0.25) is 5.95 Å². The largest absolute Gasteiger partial charge is 0.369 e. The Balaban J connectivity index is 1.98. The Hall–Kier alpha value is -2.44. The summed E-state index contributed by atoms with van der Waals surface area (Å²) in [5.74, 6) is -1.66. The summed E-state index contributed by atoms with van der Waals surface area (Å²) in [7, 11) is 1.82. The predicted molar refractivity (Wildman–Crippen MR) is 71.0 cm³/mol. The van der Waals surface area contributed by atoms with E-state index in [1.807, 2.05) is 19.3 Å². The van der Waals surface area contributed by atoms with E-state index in [1.54, 1.807) is 4.68 Å². The number of nitrogen functional groups attached to an aromatic ring is 1.